The molecule has 6 nitrogen and oxygen atoms in total. The Morgan fingerprint density at radius 3 is 2.16 bits per heavy atom. The highest BCUT2D eigenvalue weighted by Gasteiger charge is 2.48. The number of fused-ring (bicyclic) bond motifs is 1. The van der Waals surface area contributed by atoms with E-state index in [4.69, 9.17) is 4.74 Å². The maximum atomic E-state index is 13.4. The van der Waals surface area contributed by atoms with Gasteiger partial charge < -0.3 is 9.64 Å². The van der Waals surface area contributed by atoms with Gasteiger partial charge in [-0.3, -0.25) is 4.79 Å². The van der Waals surface area contributed by atoms with Gasteiger partial charge in [-0.2, -0.15) is 4.31 Å². The van der Waals surface area contributed by atoms with Crippen LogP contribution in [0.4, 0.5) is 0 Å². The summed E-state index contributed by atoms with van der Waals surface area (Å²) in [6.45, 7) is 4.03. The molecule has 2 aliphatic carbocycles. The molecule has 3 rings (SSSR count). The first kappa shape index (κ1) is 19.1. The minimum atomic E-state index is -3.33. The molecule has 7 heteroatoms. The lowest BCUT2D eigenvalue weighted by atomic mass is 9.86. The summed E-state index contributed by atoms with van der Waals surface area (Å²) in [5.41, 5.74) is 0. The quantitative estimate of drug-likeness (QED) is 0.761. The van der Waals surface area contributed by atoms with Crippen molar-refractivity contribution in [2.24, 2.45) is 0 Å². The molecule has 1 saturated heterocycles. The van der Waals surface area contributed by atoms with Crippen LogP contribution in [0.1, 0.15) is 65.2 Å². The number of sulfonamides is 1. The van der Waals surface area contributed by atoms with Crippen LogP contribution in [-0.2, 0) is 19.6 Å². The summed E-state index contributed by atoms with van der Waals surface area (Å²) in [7, 11) is -1.63. The molecule has 3 atom stereocenters. The van der Waals surface area contributed by atoms with Crippen LogP contribution in [0.3, 0.4) is 0 Å². The van der Waals surface area contributed by atoms with Gasteiger partial charge in [-0.15, -0.1) is 0 Å². The van der Waals surface area contributed by atoms with E-state index in [0.717, 1.165) is 38.5 Å². The molecule has 0 N–H and O–H groups in total. The highest BCUT2D eigenvalue weighted by molar-refractivity contribution is 7.89. The summed E-state index contributed by atoms with van der Waals surface area (Å²) in [6.07, 6.45) is 7.09. The molecule has 3 aliphatic rings. The molecule has 1 heterocycles. The Hall–Kier alpha value is -0.660. The lowest BCUT2D eigenvalue weighted by Gasteiger charge is -2.52. The van der Waals surface area contributed by atoms with Gasteiger partial charge in [0.2, 0.25) is 15.9 Å². The van der Waals surface area contributed by atoms with Gasteiger partial charge in [0, 0.05) is 38.7 Å². The minimum Gasteiger partial charge on any atom is -0.381 e. The smallest absolute Gasteiger partial charge is 0.220 e. The molecule has 0 bridgehead atoms. The van der Waals surface area contributed by atoms with E-state index in [1.807, 2.05) is 11.8 Å². The summed E-state index contributed by atoms with van der Waals surface area (Å²) in [5.74, 6) is 0.0713. The number of carbonyl (C=O) groups is 1. The van der Waals surface area contributed by atoms with Gasteiger partial charge >= 0.3 is 0 Å². The number of hydrogen-bond acceptors (Lipinski definition) is 4. The van der Waals surface area contributed by atoms with Crippen LogP contribution >= 0.6 is 0 Å². The standard InChI is InChI=1S/C18H32N2O4S/c1-13-12-19(17-6-4-5-7-18(17)20(13)14(2)21)25(22,23)16-10-8-15(24-3)9-11-16/h13,15-18H,4-12H2,1-3H3/t13-,15?,16?,17?,18?/m0/s1. The Kier molecular flexibility index (Phi) is 5.75. The van der Waals surface area contributed by atoms with Gasteiger partial charge in [-0.05, 0) is 45.4 Å². The largest absolute Gasteiger partial charge is 0.381 e. The van der Waals surface area contributed by atoms with Crippen LogP contribution in [0, 0.1) is 0 Å². The van der Waals surface area contributed by atoms with Crippen LogP contribution in [-0.4, -0.2) is 66.7 Å². The van der Waals surface area contributed by atoms with Gasteiger partial charge in [0.05, 0.1) is 11.4 Å². The first-order valence-corrected chi connectivity index (χ1v) is 11.2. The average molecular weight is 373 g/mol. The molecule has 0 aromatic heterocycles. The zero-order valence-electron chi connectivity index (χ0n) is 15.7. The molecular formula is C18H32N2O4S. The van der Waals surface area contributed by atoms with Crippen molar-refractivity contribution in [2.45, 2.75) is 94.7 Å². The predicted octanol–water partition coefficient (Wildman–Crippen LogP) is 2.14. The second kappa shape index (κ2) is 7.53. The third-order valence-electron chi connectivity index (χ3n) is 6.41. The Bertz CT molecular complexity index is 586. The Morgan fingerprint density at radius 1 is 1.00 bits per heavy atom. The number of carbonyl (C=O) groups excluding carboxylic acids is 1. The topological polar surface area (TPSA) is 66.9 Å². The fourth-order valence-electron chi connectivity index (χ4n) is 5.16. The summed E-state index contributed by atoms with van der Waals surface area (Å²) < 4.78 is 34.0. The molecule has 2 saturated carbocycles. The fraction of sp³-hybridized carbons (Fsp3) is 0.944. The van der Waals surface area contributed by atoms with Gasteiger partial charge in [0.1, 0.15) is 0 Å². The molecular weight excluding hydrogens is 340 g/mol. The Morgan fingerprint density at radius 2 is 1.60 bits per heavy atom. The molecule has 0 aromatic carbocycles. The average Bonchev–Trinajstić information content (AvgIpc) is 2.60. The Labute approximate surface area is 151 Å². The van der Waals surface area contributed by atoms with Gasteiger partial charge in [0.25, 0.3) is 0 Å². The normalized spacial score (nSPS) is 37.6. The van der Waals surface area contributed by atoms with Crippen LogP contribution in [0.15, 0.2) is 0 Å². The molecule has 144 valence electrons. The lowest BCUT2D eigenvalue weighted by molar-refractivity contribution is -0.139. The highest BCUT2D eigenvalue weighted by Crippen LogP contribution is 2.37. The number of methoxy groups -OCH3 is 1. The van der Waals surface area contributed by atoms with Crippen molar-refractivity contribution < 1.29 is 17.9 Å². The van der Waals surface area contributed by atoms with Gasteiger partial charge in [-0.1, -0.05) is 12.8 Å². The molecule has 1 aliphatic heterocycles. The zero-order valence-corrected chi connectivity index (χ0v) is 16.5. The molecule has 0 aromatic rings. The minimum absolute atomic E-state index is 0.0417. The van der Waals surface area contributed by atoms with Crippen molar-refractivity contribution in [1.82, 2.24) is 9.21 Å². The predicted molar refractivity (Wildman–Crippen MR) is 96.7 cm³/mol. The Balaban J connectivity index is 1.82. The SMILES string of the molecule is COC1CCC(S(=O)(=O)N2C[C@H](C)N(C(C)=O)C3CCCCC32)CC1. The zero-order chi connectivity index (χ0) is 18.2. The molecule has 2 unspecified atom stereocenters. The van der Waals surface area contributed by atoms with E-state index in [2.05, 4.69) is 0 Å². The number of rotatable bonds is 3. The van der Waals surface area contributed by atoms with E-state index in [1.54, 1.807) is 18.3 Å². The van der Waals surface area contributed by atoms with E-state index in [-0.39, 0.29) is 35.4 Å². The van der Waals surface area contributed by atoms with Crippen LogP contribution in [0.2, 0.25) is 0 Å². The van der Waals surface area contributed by atoms with E-state index in [0.29, 0.717) is 19.4 Å². The van der Waals surface area contributed by atoms with E-state index in [9.17, 15) is 13.2 Å². The first-order valence-electron chi connectivity index (χ1n) is 9.68. The fourth-order valence-corrected chi connectivity index (χ4v) is 7.45. The third kappa shape index (κ3) is 3.60. The van der Waals surface area contributed by atoms with Crippen LogP contribution in [0.25, 0.3) is 0 Å². The summed E-state index contributed by atoms with van der Waals surface area (Å²) in [6, 6.07) is -0.0546. The van der Waals surface area contributed by atoms with Crippen molar-refractivity contribution >= 4 is 15.9 Å². The van der Waals surface area contributed by atoms with E-state index >= 15 is 0 Å². The molecule has 0 radical (unpaired) electrons. The highest BCUT2D eigenvalue weighted by atomic mass is 32.2. The van der Waals surface area contributed by atoms with Crippen LogP contribution in [0.5, 0.6) is 0 Å². The monoisotopic (exact) mass is 372 g/mol. The van der Waals surface area contributed by atoms with Crippen molar-refractivity contribution in [3.05, 3.63) is 0 Å². The van der Waals surface area contributed by atoms with Crippen molar-refractivity contribution in [1.29, 1.82) is 0 Å². The maximum absolute atomic E-state index is 13.4. The molecule has 1 amide bonds. The molecule has 0 spiro atoms. The van der Waals surface area contributed by atoms with Crippen LogP contribution < -0.4 is 0 Å². The molecule has 25 heavy (non-hydrogen) atoms. The summed E-state index contributed by atoms with van der Waals surface area (Å²) in [5, 5.41) is -0.294. The summed E-state index contributed by atoms with van der Waals surface area (Å²) >= 11 is 0. The summed E-state index contributed by atoms with van der Waals surface area (Å²) in [4.78, 5) is 14.1. The van der Waals surface area contributed by atoms with Crippen molar-refractivity contribution in [3.63, 3.8) is 0 Å². The number of piperazine rings is 1. The first-order chi connectivity index (χ1) is 11.9. The number of nitrogens with zero attached hydrogens (tertiary/aromatic N) is 2. The molecule has 3 fully saturated rings. The van der Waals surface area contributed by atoms with Crippen molar-refractivity contribution in [2.75, 3.05) is 13.7 Å². The number of ether oxygens (including phenoxy) is 1. The van der Waals surface area contributed by atoms with Crippen molar-refractivity contribution in [3.8, 4) is 0 Å². The van der Waals surface area contributed by atoms with E-state index < -0.39 is 10.0 Å². The van der Waals surface area contributed by atoms with Gasteiger partial charge in [-0.25, -0.2) is 8.42 Å². The van der Waals surface area contributed by atoms with Gasteiger partial charge in [0.15, 0.2) is 0 Å². The second-order valence-corrected chi connectivity index (χ2v) is 10.1. The van der Waals surface area contributed by atoms with E-state index in [1.165, 1.54) is 0 Å². The second-order valence-electron chi connectivity index (χ2n) is 7.94. The maximum Gasteiger partial charge on any atom is 0.220 e. The number of hydrogen-bond donors (Lipinski definition) is 0. The lowest BCUT2D eigenvalue weighted by Crippen LogP contribution is -2.67. The third-order valence-corrected chi connectivity index (χ3v) is 8.79. The number of amides is 1.